The SMILES string of the molecule is [2H]C(C)(C)c1ccc2c(n1)oc1c(-c3cc(C([2H])([2H])C(C)C)ccn3)[c-]ccc12.[2H]C([2H])(c1cc(-c2[c-]cccc2)ncc1[Si](C)(C)C)C(C)C.[Ir]. The molecule has 0 saturated heterocycles. The molecular formula is C41H47IrN3OSi-2. The number of pyridine rings is 3. The molecule has 6 rings (SSSR count). The van der Waals surface area contributed by atoms with Crippen LogP contribution in [0.2, 0.25) is 19.6 Å². The Morgan fingerprint density at radius 1 is 0.830 bits per heavy atom. The van der Waals surface area contributed by atoms with E-state index in [2.05, 4.69) is 46.7 Å². The quantitative estimate of drug-likeness (QED) is 0.113. The summed E-state index contributed by atoms with van der Waals surface area (Å²) >= 11 is 0. The van der Waals surface area contributed by atoms with E-state index in [0.717, 1.165) is 32.8 Å². The van der Waals surface area contributed by atoms with E-state index in [4.69, 9.17) is 11.3 Å². The fourth-order valence-electron chi connectivity index (χ4n) is 5.26. The van der Waals surface area contributed by atoms with E-state index >= 15 is 0 Å². The molecule has 247 valence electrons. The van der Waals surface area contributed by atoms with Crippen molar-refractivity contribution in [2.45, 2.75) is 79.8 Å². The van der Waals surface area contributed by atoms with Crippen LogP contribution < -0.4 is 5.19 Å². The Morgan fingerprint density at radius 3 is 2.26 bits per heavy atom. The summed E-state index contributed by atoms with van der Waals surface area (Å²) in [6, 6.07) is 27.0. The van der Waals surface area contributed by atoms with Gasteiger partial charge in [-0.2, -0.15) is 0 Å². The fourth-order valence-corrected chi connectivity index (χ4v) is 6.67. The summed E-state index contributed by atoms with van der Waals surface area (Å²) in [5.41, 5.74) is 6.09. The molecule has 1 radical (unpaired) electrons. The van der Waals surface area contributed by atoms with Gasteiger partial charge in [0.1, 0.15) is 0 Å². The minimum atomic E-state index is -1.67. The number of rotatable bonds is 8. The summed E-state index contributed by atoms with van der Waals surface area (Å²) in [4.78, 5) is 13.6. The first-order valence-electron chi connectivity index (χ1n) is 18.4. The Bertz CT molecular complexity index is 2160. The summed E-state index contributed by atoms with van der Waals surface area (Å²) in [6.45, 7) is 17.9. The van der Waals surface area contributed by atoms with Gasteiger partial charge in [-0.25, -0.2) is 4.98 Å². The van der Waals surface area contributed by atoms with Crippen molar-refractivity contribution in [2.75, 3.05) is 0 Å². The zero-order valence-electron chi connectivity index (χ0n) is 33.7. The average Bonchev–Trinajstić information content (AvgIpc) is 3.46. The van der Waals surface area contributed by atoms with E-state index < -0.39 is 26.7 Å². The molecule has 0 saturated carbocycles. The molecule has 6 aromatic rings. The minimum Gasteiger partial charge on any atom is -0.486 e. The van der Waals surface area contributed by atoms with Crippen LogP contribution in [0.3, 0.4) is 0 Å². The van der Waals surface area contributed by atoms with Crippen LogP contribution in [0.5, 0.6) is 0 Å². The van der Waals surface area contributed by atoms with E-state index in [1.807, 2.05) is 88.5 Å². The third-order valence-corrected chi connectivity index (χ3v) is 9.44. The number of nitrogens with zero attached hydrogens (tertiary/aromatic N) is 3. The van der Waals surface area contributed by atoms with Crippen molar-refractivity contribution in [1.82, 2.24) is 15.0 Å². The van der Waals surface area contributed by atoms with Crippen LogP contribution in [0.15, 0.2) is 83.5 Å². The van der Waals surface area contributed by atoms with Crippen LogP contribution in [0.25, 0.3) is 44.6 Å². The van der Waals surface area contributed by atoms with Crippen LogP contribution in [-0.2, 0) is 32.9 Å². The molecule has 4 heterocycles. The molecule has 0 aliphatic carbocycles. The van der Waals surface area contributed by atoms with Crippen molar-refractivity contribution in [1.29, 1.82) is 0 Å². The normalized spacial score (nSPS) is 14.1. The molecule has 47 heavy (non-hydrogen) atoms. The maximum Gasteiger partial charge on any atom is 0.216 e. The second-order valence-electron chi connectivity index (χ2n) is 13.4. The third-order valence-electron chi connectivity index (χ3n) is 7.42. The molecule has 0 aliphatic heterocycles. The van der Waals surface area contributed by atoms with Crippen molar-refractivity contribution in [3.63, 3.8) is 0 Å². The van der Waals surface area contributed by atoms with Gasteiger partial charge in [0, 0.05) is 50.4 Å². The first-order valence-corrected chi connectivity index (χ1v) is 19.4. The van der Waals surface area contributed by atoms with E-state index in [-0.39, 0.29) is 31.9 Å². The molecule has 0 aliphatic rings. The summed E-state index contributed by atoms with van der Waals surface area (Å²) in [5, 5.41) is 2.87. The van der Waals surface area contributed by atoms with E-state index in [0.29, 0.717) is 33.8 Å². The molecule has 4 aromatic heterocycles. The molecule has 0 bridgehead atoms. The van der Waals surface area contributed by atoms with Gasteiger partial charge >= 0.3 is 0 Å². The maximum atomic E-state index is 8.55. The number of aromatic nitrogens is 3. The third kappa shape index (κ3) is 8.93. The Hall–Kier alpha value is -3.44. The first-order chi connectivity index (χ1) is 23.7. The van der Waals surface area contributed by atoms with Gasteiger partial charge in [-0.1, -0.05) is 95.4 Å². The Balaban J connectivity index is 0.000000237. The van der Waals surface area contributed by atoms with Crippen molar-refractivity contribution in [3.8, 4) is 22.5 Å². The zero-order chi connectivity index (χ0) is 37.5. The molecule has 0 spiro atoms. The molecule has 0 amide bonds. The van der Waals surface area contributed by atoms with Crippen molar-refractivity contribution in [2.24, 2.45) is 11.8 Å². The molecule has 6 heteroatoms. The standard InChI is InChI=1S/C23H23N2O.C18H24NSi.Ir/c1-14(2)12-16-10-11-24-21(13-16)19-7-5-6-17-18-8-9-20(15(3)4)25-23(18)26-22(17)19;1-14(2)11-16-12-17(15-9-7-6-8-10-15)19-13-18(16)20(3,4)5;/h5-6,8-11,13-15H,12H2,1-4H3;6-9,12-14H,11H2,1-5H3;/q2*-1;/i12D2,15D;11D2;. The van der Waals surface area contributed by atoms with Crippen LogP contribution in [0.4, 0.5) is 0 Å². The monoisotopic (exact) mass is 823 g/mol. The molecule has 0 atom stereocenters. The summed E-state index contributed by atoms with van der Waals surface area (Å²) in [6.07, 6.45) is 0.689. The van der Waals surface area contributed by atoms with Gasteiger partial charge in [0.25, 0.3) is 0 Å². The minimum absolute atomic E-state index is 0. The van der Waals surface area contributed by atoms with Crippen LogP contribution >= 0.6 is 0 Å². The van der Waals surface area contributed by atoms with Gasteiger partial charge < -0.3 is 14.4 Å². The molecule has 4 nitrogen and oxygen atoms in total. The van der Waals surface area contributed by atoms with Crippen molar-refractivity contribution < 1.29 is 31.4 Å². The van der Waals surface area contributed by atoms with Gasteiger partial charge in [0.05, 0.1) is 13.7 Å². The molecule has 0 unspecified atom stereocenters. The van der Waals surface area contributed by atoms with E-state index in [9.17, 15) is 0 Å². The largest absolute Gasteiger partial charge is 0.486 e. The molecule has 0 N–H and O–H groups in total. The number of fused-ring (bicyclic) bond motifs is 3. The number of furan rings is 1. The van der Waals surface area contributed by atoms with Crippen LogP contribution in [-0.4, -0.2) is 23.0 Å². The predicted octanol–water partition coefficient (Wildman–Crippen LogP) is 10.5. The first kappa shape index (κ1) is 29.7. The maximum absolute atomic E-state index is 8.55. The second-order valence-corrected chi connectivity index (χ2v) is 18.5. The van der Waals surface area contributed by atoms with Gasteiger partial charge in [0.2, 0.25) is 5.71 Å². The predicted molar refractivity (Wildman–Crippen MR) is 196 cm³/mol. The zero-order valence-corrected chi connectivity index (χ0v) is 32.1. The molecular weight excluding hydrogens is 771 g/mol. The smallest absolute Gasteiger partial charge is 0.216 e. The van der Waals surface area contributed by atoms with Crippen LogP contribution in [0, 0.1) is 24.0 Å². The Morgan fingerprint density at radius 2 is 1.60 bits per heavy atom. The number of hydrogen-bond donors (Lipinski definition) is 0. The van der Waals surface area contributed by atoms with E-state index in [1.165, 1.54) is 0 Å². The summed E-state index contributed by atoms with van der Waals surface area (Å²) in [5.74, 6) is -1.07. The molecule has 2 aromatic carbocycles. The van der Waals surface area contributed by atoms with Gasteiger partial charge in [-0.05, 0) is 65.2 Å². The topological polar surface area (TPSA) is 51.8 Å². The van der Waals surface area contributed by atoms with Gasteiger partial charge in [-0.15, -0.1) is 54.1 Å². The number of hydrogen-bond acceptors (Lipinski definition) is 4. The van der Waals surface area contributed by atoms with Crippen LogP contribution in [0.1, 0.15) is 71.1 Å². The van der Waals surface area contributed by atoms with Gasteiger partial charge in [-0.3, -0.25) is 0 Å². The Labute approximate surface area is 302 Å². The average molecular weight is 823 g/mol. The van der Waals surface area contributed by atoms with Gasteiger partial charge in [0.15, 0.2) is 0 Å². The summed E-state index contributed by atoms with van der Waals surface area (Å²) < 4.78 is 48.2. The Kier molecular flexibility index (Phi) is 9.87. The van der Waals surface area contributed by atoms with Crippen molar-refractivity contribution >= 4 is 35.3 Å². The second kappa shape index (κ2) is 15.6. The fraction of sp³-hybridized carbons (Fsp3) is 0.341. The van der Waals surface area contributed by atoms with Crippen molar-refractivity contribution in [3.05, 3.63) is 108 Å². The number of benzene rings is 2. The molecule has 0 fully saturated rings. The van der Waals surface area contributed by atoms with E-state index in [1.54, 1.807) is 32.2 Å². The summed E-state index contributed by atoms with van der Waals surface area (Å²) in [7, 11) is -1.67.